The van der Waals surface area contributed by atoms with Gasteiger partial charge in [-0.3, -0.25) is 10.3 Å². The number of benzene rings is 1. The molecule has 0 saturated carbocycles. The third kappa shape index (κ3) is 3.11. The number of amides is 2. The summed E-state index contributed by atoms with van der Waals surface area (Å²) in [7, 11) is 0. The van der Waals surface area contributed by atoms with E-state index in [9.17, 15) is 9.18 Å². The molecule has 0 fully saturated rings. The van der Waals surface area contributed by atoms with Gasteiger partial charge < -0.3 is 5.32 Å². The summed E-state index contributed by atoms with van der Waals surface area (Å²) in [6.07, 6.45) is 4.96. The number of hydrogen-bond acceptors (Lipinski definition) is 3. The molecular weight excluding hydrogens is 295 g/mol. The van der Waals surface area contributed by atoms with E-state index in [2.05, 4.69) is 20.6 Å². The Balaban J connectivity index is 2.06. The first-order valence-electron chi connectivity index (χ1n) is 7.22. The van der Waals surface area contributed by atoms with Crippen molar-refractivity contribution in [3.8, 4) is 11.1 Å². The molecule has 116 valence electrons. The molecule has 6 heteroatoms. The highest BCUT2D eigenvalue weighted by Crippen LogP contribution is 2.30. The van der Waals surface area contributed by atoms with Gasteiger partial charge in [-0.1, -0.05) is 12.1 Å². The van der Waals surface area contributed by atoms with E-state index >= 15 is 0 Å². The van der Waals surface area contributed by atoms with E-state index in [0.717, 1.165) is 11.1 Å². The second kappa shape index (κ2) is 6.39. The number of anilines is 1. The largest absolute Gasteiger partial charge is 0.338 e. The lowest BCUT2D eigenvalue weighted by atomic mass is 10.0. The number of carbonyl (C=O) groups excluding carboxylic acids is 1. The van der Waals surface area contributed by atoms with Crippen LogP contribution < -0.4 is 10.6 Å². The minimum atomic E-state index is -0.372. The van der Waals surface area contributed by atoms with Crippen molar-refractivity contribution in [2.45, 2.75) is 6.92 Å². The first-order valence-corrected chi connectivity index (χ1v) is 7.22. The fourth-order valence-electron chi connectivity index (χ4n) is 2.37. The normalized spacial score (nSPS) is 10.5. The fourth-order valence-corrected chi connectivity index (χ4v) is 2.37. The average molecular weight is 310 g/mol. The van der Waals surface area contributed by atoms with E-state index in [0.29, 0.717) is 23.1 Å². The third-order valence-electron chi connectivity index (χ3n) is 3.40. The van der Waals surface area contributed by atoms with Crippen molar-refractivity contribution < 1.29 is 9.18 Å². The Morgan fingerprint density at radius 1 is 1.22 bits per heavy atom. The zero-order valence-electron chi connectivity index (χ0n) is 12.5. The van der Waals surface area contributed by atoms with Gasteiger partial charge in [-0.05, 0) is 30.7 Å². The summed E-state index contributed by atoms with van der Waals surface area (Å²) in [4.78, 5) is 19.8. The molecule has 3 rings (SSSR count). The molecule has 2 heterocycles. The maximum atomic E-state index is 14.2. The van der Waals surface area contributed by atoms with E-state index in [4.69, 9.17) is 0 Å². The highest BCUT2D eigenvalue weighted by molar-refractivity contribution is 5.98. The SMILES string of the molecule is CCNC(=O)Nc1cc2c(F)ccc(-c3cccnc3)c2cn1. The van der Waals surface area contributed by atoms with Crippen LogP contribution >= 0.6 is 0 Å². The molecule has 1 aromatic carbocycles. The van der Waals surface area contributed by atoms with E-state index in [1.807, 2.05) is 19.1 Å². The number of aromatic nitrogens is 2. The van der Waals surface area contributed by atoms with Gasteiger partial charge in [0, 0.05) is 41.5 Å². The van der Waals surface area contributed by atoms with Gasteiger partial charge in [0.1, 0.15) is 11.6 Å². The molecule has 2 N–H and O–H groups in total. The van der Waals surface area contributed by atoms with E-state index in [-0.39, 0.29) is 11.8 Å². The Morgan fingerprint density at radius 2 is 2.09 bits per heavy atom. The quantitative estimate of drug-likeness (QED) is 0.777. The lowest BCUT2D eigenvalue weighted by Crippen LogP contribution is -2.28. The minimum absolute atomic E-state index is 0.297. The summed E-state index contributed by atoms with van der Waals surface area (Å²) in [6.45, 7) is 2.31. The highest BCUT2D eigenvalue weighted by Gasteiger charge is 2.10. The van der Waals surface area contributed by atoms with Crippen molar-refractivity contribution in [2.75, 3.05) is 11.9 Å². The van der Waals surface area contributed by atoms with Gasteiger partial charge in [-0.15, -0.1) is 0 Å². The first kappa shape index (κ1) is 14.9. The number of rotatable bonds is 3. The van der Waals surface area contributed by atoms with Crippen molar-refractivity contribution in [1.29, 1.82) is 0 Å². The van der Waals surface area contributed by atoms with Gasteiger partial charge in [0.2, 0.25) is 0 Å². The average Bonchev–Trinajstić information content (AvgIpc) is 2.57. The minimum Gasteiger partial charge on any atom is -0.338 e. The Hall–Kier alpha value is -3.02. The van der Waals surface area contributed by atoms with Crippen LogP contribution in [0, 0.1) is 5.82 Å². The molecular formula is C17H15FN4O. The molecule has 5 nitrogen and oxygen atoms in total. The second-order valence-corrected chi connectivity index (χ2v) is 4.94. The van der Waals surface area contributed by atoms with Crippen molar-refractivity contribution in [1.82, 2.24) is 15.3 Å². The van der Waals surface area contributed by atoms with Crippen LogP contribution in [0.3, 0.4) is 0 Å². The molecule has 3 aromatic rings. The topological polar surface area (TPSA) is 66.9 Å². The van der Waals surface area contributed by atoms with Crippen molar-refractivity contribution in [3.63, 3.8) is 0 Å². The Bertz CT molecular complexity index is 852. The zero-order valence-corrected chi connectivity index (χ0v) is 12.5. The predicted molar refractivity (Wildman–Crippen MR) is 87.6 cm³/mol. The van der Waals surface area contributed by atoms with E-state index in [1.165, 1.54) is 12.1 Å². The lowest BCUT2D eigenvalue weighted by Gasteiger charge is -2.10. The maximum Gasteiger partial charge on any atom is 0.320 e. The van der Waals surface area contributed by atoms with Crippen LogP contribution in [0.4, 0.5) is 15.0 Å². The molecule has 0 aliphatic carbocycles. The standard InChI is InChI=1S/C17H15FN4O/c1-2-20-17(23)22-16-8-13-14(10-21-16)12(5-6-15(13)18)11-4-3-7-19-9-11/h3-10H,2H2,1H3,(H2,20,21,22,23). The molecule has 0 saturated heterocycles. The number of halogens is 1. The Labute approximate surface area is 132 Å². The second-order valence-electron chi connectivity index (χ2n) is 4.94. The summed E-state index contributed by atoms with van der Waals surface area (Å²) in [5, 5.41) is 6.25. The van der Waals surface area contributed by atoms with E-state index < -0.39 is 0 Å². The van der Waals surface area contributed by atoms with Crippen molar-refractivity contribution >= 4 is 22.6 Å². The van der Waals surface area contributed by atoms with Crippen LogP contribution in [-0.4, -0.2) is 22.5 Å². The summed E-state index contributed by atoms with van der Waals surface area (Å²) < 4.78 is 14.2. The van der Waals surface area contributed by atoms with Gasteiger partial charge in [0.05, 0.1) is 0 Å². The van der Waals surface area contributed by atoms with Gasteiger partial charge in [0.25, 0.3) is 0 Å². The van der Waals surface area contributed by atoms with Crippen LogP contribution in [0.2, 0.25) is 0 Å². The number of nitrogens with zero attached hydrogens (tertiary/aromatic N) is 2. The van der Waals surface area contributed by atoms with Crippen LogP contribution in [0.15, 0.2) is 48.9 Å². The molecule has 23 heavy (non-hydrogen) atoms. The molecule has 0 unspecified atom stereocenters. The molecule has 0 atom stereocenters. The van der Waals surface area contributed by atoms with E-state index in [1.54, 1.807) is 24.7 Å². The highest BCUT2D eigenvalue weighted by atomic mass is 19.1. The number of hydrogen-bond donors (Lipinski definition) is 2. The maximum absolute atomic E-state index is 14.2. The summed E-state index contributed by atoms with van der Waals surface area (Å²) in [6, 6.07) is 7.99. The molecule has 2 aromatic heterocycles. The van der Waals surface area contributed by atoms with Gasteiger partial charge in [-0.25, -0.2) is 14.2 Å². The Kier molecular flexibility index (Phi) is 4.14. The molecule has 0 aliphatic heterocycles. The lowest BCUT2D eigenvalue weighted by molar-refractivity contribution is 0.252. The summed E-state index contributed by atoms with van der Waals surface area (Å²) >= 11 is 0. The Morgan fingerprint density at radius 3 is 2.83 bits per heavy atom. The van der Waals surface area contributed by atoms with Gasteiger partial charge in [0.15, 0.2) is 0 Å². The molecule has 0 radical (unpaired) electrons. The number of carbonyl (C=O) groups is 1. The summed E-state index contributed by atoms with van der Waals surface area (Å²) in [5.41, 5.74) is 1.72. The van der Waals surface area contributed by atoms with Gasteiger partial charge in [-0.2, -0.15) is 0 Å². The smallest absolute Gasteiger partial charge is 0.320 e. The molecule has 0 bridgehead atoms. The number of nitrogens with one attached hydrogen (secondary N) is 2. The van der Waals surface area contributed by atoms with Crippen molar-refractivity contribution in [2.24, 2.45) is 0 Å². The first-order chi connectivity index (χ1) is 11.2. The number of pyridine rings is 2. The zero-order chi connectivity index (χ0) is 16.2. The fraction of sp³-hybridized carbons (Fsp3) is 0.118. The summed E-state index contributed by atoms with van der Waals surface area (Å²) in [5.74, 6) is -0.0697. The number of fused-ring (bicyclic) bond motifs is 1. The monoisotopic (exact) mass is 310 g/mol. The van der Waals surface area contributed by atoms with Crippen LogP contribution in [0.25, 0.3) is 21.9 Å². The van der Waals surface area contributed by atoms with Crippen LogP contribution in [0.5, 0.6) is 0 Å². The molecule has 0 aliphatic rings. The number of urea groups is 1. The van der Waals surface area contributed by atoms with Crippen molar-refractivity contribution in [3.05, 3.63) is 54.7 Å². The predicted octanol–water partition coefficient (Wildman–Crippen LogP) is 3.58. The molecule has 2 amide bonds. The molecule has 0 spiro atoms. The van der Waals surface area contributed by atoms with Crippen LogP contribution in [-0.2, 0) is 0 Å². The van der Waals surface area contributed by atoms with Gasteiger partial charge >= 0.3 is 6.03 Å². The third-order valence-corrected chi connectivity index (χ3v) is 3.40. The van der Waals surface area contributed by atoms with Crippen LogP contribution in [0.1, 0.15) is 6.92 Å².